The Morgan fingerprint density at radius 2 is 2.22 bits per heavy atom. The number of aromatic nitrogens is 4. The van der Waals surface area contributed by atoms with Crippen LogP contribution in [-0.4, -0.2) is 31.4 Å². The number of H-pyrrole nitrogens is 2. The number of rotatable bonds is 6. The van der Waals surface area contributed by atoms with E-state index in [1.54, 1.807) is 11.3 Å². The molecule has 0 saturated carbocycles. The molecule has 0 atom stereocenters. The second-order valence-corrected chi connectivity index (χ2v) is 8.14. The Balaban J connectivity index is 1.50. The van der Waals surface area contributed by atoms with Crippen molar-refractivity contribution in [3.63, 3.8) is 0 Å². The van der Waals surface area contributed by atoms with Gasteiger partial charge in [-0.15, -0.1) is 11.3 Å². The molecular formula is C19H22ClN5OS. The fourth-order valence-electron chi connectivity index (χ4n) is 3.38. The summed E-state index contributed by atoms with van der Waals surface area (Å²) in [5.74, 6) is 1.61. The van der Waals surface area contributed by atoms with Crippen LogP contribution in [0.15, 0.2) is 22.3 Å². The third kappa shape index (κ3) is 4.00. The van der Waals surface area contributed by atoms with Crippen molar-refractivity contribution >= 4 is 22.9 Å². The van der Waals surface area contributed by atoms with Gasteiger partial charge in [0.2, 0.25) is 0 Å². The maximum atomic E-state index is 12.6. The first-order valence-corrected chi connectivity index (χ1v) is 10.5. The van der Waals surface area contributed by atoms with Gasteiger partial charge in [0.25, 0.3) is 5.56 Å². The molecule has 8 heteroatoms. The molecule has 0 aromatic carbocycles. The Hall–Kier alpha value is -1.96. The summed E-state index contributed by atoms with van der Waals surface area (Å²) in [5, 5.41) is 2.52. The molecule has 0 spiro atoms. The summed E-state index contributed by atoms with van der Waals surface area (Å²) in [4.78, 5) is 31.2. The van der Waals surface area contributed by atoms with Gasteiger partial charge < -0.3 is 9.97 Å². The van der Waals surface area contributed by atoms with Crippen molar-refractivity contribution < 1.29 is 0 Å². The van der Waals surface area contributed by atoms with Crippen LogP contribution in [0.4, 0.5) is 0 Å². The summed E-state index contributed by atoms with van der Waals surface area (Å²) in [6, 6.07) is 3.94. The van der Waals surface area contributed by atoms with E-state index in [1.807, 2.05) is 17.5 Å². The molecule has 4 rings (SSSR count). The van der Waals surface area contributed by atoms with Crippen LogP contribution in [0.5, 0.6) is 0 Å². The molecule has 0 bridgehead atoms. The highest BCUT2D eigenvalue weighted by Crippen LogP contribution is 2.24. The van der Waals surface area contributed by atoms with Crippen molar-refractivity contribution in [2.24, 2.45) is 0 Å². The Morgan fingerprint density at radius 1 is 1.33 bits per heavy atom. The largest absolute Gasteiger partial charge is 0.344 e. The Labute approximate surface area is 166 Å². The van der Waals surface area contributed by atoms with E-state index >= 15 is 0 Å². The summed E-state index contributed by atoms with van der Waals surface area (Å²) in [6.07, 6.45) is 3.88. The molecule has 0 radical (unpaired) electrons. The number of hydrogen-bond donors (Lipinski definition) is 2. The lowest BCUT2D eigenvalue weighted by Crippen LogP contribution is -2.35. The van der Waals surface area contributed by atoms with Gasteiger partial charge in [0, 0.05) is 32.5 Å². The molecule has 0 saturated heterocycles. The van der Waals surface area contributed by atoms with Gasteiger partial charge in [0.05, 0.1) is 21.8 Å². The number of halogens is 1. The van der Waals surface area contributed by atoms with E-state index in [2.05, 4.69) is 26.8 Å². The smallest absolute Gasteiger partial charge is 0.255 e. The maximum Gasteiger partial charge on any atom is 0.255 e. The number of nitrogens with one attached hydrogen (secondary N) is 2. The maximum absolute atomic E-state index is 12.6. The molecule has 142 valence electrons. The third-order valence-electron chi connectivity index (χ3n) is 4.83. The quantitative estimate of drug-likeness (QED) is 0.656. The summed E-state index contributed by atoms with van der Waals surface area (Å²) < 4.78 is 0. The van der Waals surface area contributed by atoms with Crippen LogP contribution in [0, 0.1) is 0 Å². The number of thiophene rings is 1. The highest BCUT2D eigenvalue weighted by atomic mass is 35.5. The number of imidazole rings is 1. The molecule has 27 heavy (non-hydrogen) atoms. The van der Waals surface area contributed by atoms with E-state index in [0.717, 1.165) is 59.9 Å². The number of aromatic amines is 2. The van der Waals surface area contributed by atoms with Gasteiger partial charge in [-0.2, -0.15) is 0 Å². The Kier molecular flexibility index (Phi) is 5.43. The first-order valence-electron chi connectivity index (χ1n) is 9.25. The van der Waals surface area contributed by atoms with Crippen LogP contribution in [-0.2, 0) is 25.9 Å². The van der Waals surface area contributed by atoms with Gasteiger partial charge >= 0.3 is 0 Å². The van der Waals surface area contributed by atoms with E-state index in [4.69, 9.17) is 16.6 Å². The molecule has 3 aromatic rings. The Bertz CT molecular complexity index is 979. The molecule has 2 N–H and O–H groups in total. The fourth-order valence-corrected chi connectivity index (χ4v) is 4.25. The zero-order valence-electron chi connectivity index (χ0n) is 15.2. The molecular weight excluding hydrogens is 382 g/mol. The first kappa shape index (κ1) is 18.4. The summed E-state index contributed by atoms with van der Waals surface area (Å²) >= 11 is 7.88. The van der Waals surface area contributed by atoms with Crippen molar-refractivity contribution in [1.82, 2.24) is 24.8 Å². The van der Waals surface area contributed by atoms with Crippen LogP contribution in [0.2, 0.25) is 5.15 Å². The van der Waals surface area contributed by atoms with Crippen molar-refractivity contribution in [1.29, 1.82) is 0 Å². The molecule has 0 fully saturated rings. The van der Waals surface area contributed by atoms with Crippen LogP contribution in [0.1, 0.15) is 42.5 Å². The van der Waals surface area contributed by atoms with Crippen LogP contribution < -0.4 is 5.56 Å². The average Bonchev–Trinajstić information content (AvgIpc) is 3.31. The summed E-state index contributed by atoms with van der Waals surface area (Å²) in [6.45, 7) is 4.23. The van der Waals surface area contributed by atoms with Gasteiger partial charge in [-0.05, 0) is 17.9 Å². The zero-order valence-corrected chi connectivity index (χ0v) is 16.8. The minimum atomic E-state index is -0.0487. The highest BCUT2D eigenvalue weighted by molar-refractivity contribution is 7.13. The fraction of sp³-hybridized carbons (Fsp3) is 0.421. The SMILES string of the molecule is CCCCc1nc(Cl)c(CN2CCc3nc(-c4cccs4)[nH]c(=O)c3C2)[nH]1. The lowest BCUT2D eigenvalue weighted by atomic mass is 10.1. The van der Waals surface area contributed by atoms with E-state index < -0.39 is 0 Å². The standard InChI is InChI=1S/C19H22ClN5OS/c1-2-3-6-16-21-14(17(20)23-16)11-25-8-7-13-12(10-25)19(26)24-18(22-13)15-5-4-9-27-15/h4-5,9H,2-3,6-8,10-11H2,1H3,(H,21,23)(H,22,24,26). The predicted molar refractivity (Wildman–Crippen MR) is 108 cm³/mol. The second kappa shape index (κ2) is 7.96. The minimum Gasteiger partial charge on any atom is -0.344 e. The van der Waals surface area contributed by atoms with E-state index in [1.165, 1.54) is 0 Å². The third-order valence-corrected chi connectivity index (χ3v) is 6.02. The normalized spacial score (nSPS) is 14.4. The minimum absolute atomic E-state index is 0.0487. The van der Waals surface area contributed by atoms with Crippen LogP contribution in [0.3, 0.4) is 0 Å². The van der Waals surface area contributed by atoms with Crippen molar-refractivity contribution in [3.8, 4) is 10.7 Å². The molecule has 0 aliphatic carbocycles. The lowest BCUT2D eigenvalue weighted by molar-refractivity contribution is 0.239. The second-order valence-electron chi connectivity index (χ2n) is 6.83. The first-order chi connectivity index (χ1) is 13.1. The molecule has 6 nitrogen and oxygen atoms in total. The summed E-state index contributed by atoms with van der Waals surface area (Å²) in [7, 11) is 0. The molecule has 0 unspecified atom stereocenters. The van der Waals surface area contributed by atoms with Gasteiger partial charge in [0.1, 0.15) is 5.82 Å². The highest BCUT2D eigenvalue weighted by Gasteiger charge is 2.23. The Morgan fingerprint density at radius 3 is 3.00 bits per heavy atom. The van der Waals surface area contributed by atoms with Crippen molar-refractivity contribution in [3.05, 3.63) is 55.8 Å². The zero-order chi connectivity index (χ0) is 18.8. The molecule has 4 heterocycles. The van der Waals surface area contributed by atoms with Gasteiger partial charge in [0.15, 0.2) is 11.0 Å². The number of aryl methyl sites for hydroxylation is 1. The molecule has 1 aliphatic rings. The molecule has 1 aliphatic heterocycles. The van der Waals surface area contributed by atoms with Gasteiger partial charge in [-0.25, -0.2) is 9.97 Å². The lowest BCUT2D eigenvalue weighted by Gasteiger charge is -2.27. The number of unbranched alkanes of at least 4 members (excludes halogenated alkanes) is 1. The molecule has 3 aromatic heterocycles. The van der Waals surface area contributed by atoms with Crippen molar-refractivity contribution in [2.45, 2.75) is 45.7 Å². The summed E-state index contributed by atoms with van der Waals surface area (Å²) in [5.41, 5.74) is 2.53. The molecule has 0 amide bonds. The van der Waals surface area contributed by atoms with E-state index in [9.17, 15) is 4.79 Å². The number of hydrogen-bond acceptors (Lipinski definition) is 5. The topological polar surface area (TPSA) is 77.7 Å². The predicted octanol–water partition coefficient (Wildman–Crippen LogP) is 3.78. The monoisotopic (exact) mass is 403 g/mol. The van der Waals surface area contributed by atoms with Gasteiger partial charge in [-0.1, -0.05) is 31.0 Å². The van der Waals surface area contributed by atoms with E-state index in [-0.39, 0.29) is 5.56 Å². The number of fused-ring (bicyclic) bond motifs is 1. The number of nitrogens with zero attached hydrogens (tertiary/aromatic N) is 3. The van der Waals surface area contributed by atoms with Crippen molar-refractivity contribution in [2.75, 3.05) is 6.54 Å². The van der Waals surface area contributed by atoms with Crippen LogP contribution in [0.25, 0.3) is 10.7 Å². The van der Waals surface area contributed by atoms with Gasteiger partial charge in [-0.3, -0.25) is 9.69 Å². The van der Waals surface area contributed by atoms with E-state index in [0.29, 0.717) is 24.1 Å². The van der Waals surface area contributed by atoms with Crippen LogP contribution >= 0.6 is 22.9 Å². The average molecular weight is 404 g/mol.